The molecule has 19 heavy (non-hydrogen) atoms. The molecule has 104 valence electrons. The molecule has 1 atom stereocenters. The lowest BCUT2D eigenvalue weighted by Gasteiger charge is -2.18. The van der Waals surface area contributed by atoms with Gasteiger partial charge in [-0.25, -0.2) is 4.98 Å². The van der Waals surface area contributed by atoms with E-state index in [0.29, 0.717) is 11.6 Å². The van der Waals surface area contributed by atoms with E-state index in [1.165, 1.54) is 44.1 Å². The van der Waals surface area contributed by atoms with Gasteiger partial charge in [0.1, 0.15) is 11.8 Å². The Morgan fingerprint density at radius 1 is 1.21 bits per heavy atom. The third-order valence-electron chi connectivity index (χ3n) is 3.94. The molecule has 2 nitrogen and oxygen atoms in total. The molecule has 0 aliphatic rings. The number of rotatable bonds is 8. The Labute approximate surface area is 117 Å². The van der Waals surface area contributed by atoms with Gasteiger partial charge in [0.15, 0.2) is 0 Å². The molecular weight excluding hydrogens is 232 g/mol. The summed E-state index contributed by atoms with van der Waals surface area (Å²) >= 11 is 0. The van der Waals surface area contributed by atoms with Crippen LogP contribution in [-0.2, 0) is 0 Å². The highest BCUT2D eigenvalue weighted by molar-refractivity contribution is 5.38. The van der Waals surface area contributed by atoms with Crippen LogP contribution in [0.5, 0.6) is 0 Å². The first kappa shape index (κ1) is 15.7. The van der Waals surface area contributed by atoms with Gasteiger partial charge in [-0.05, 0) is 42.9 Å². The Balaban J connectivity index is 2.62. The topological polar surface area (TPSA) is 36.7 Å². The fraction of sp³-hybridized carbons (Fsp3) is 0.647. The molecule has 2 heteroatoms. The second kappa shape index (κ2) is 8.69. The summed E-state index contributed by atoms with van der Waals surface area (Å²) in [5.41, 5.74) is 2.98. The fourth-order valence-corrected chi connectivity index (χ4v) is 2.68. The predicted octanol–water partition coefficient (Wildman–Crippen LogP) is 5.12. The van der Waals surface area contributed by atoms with Crippen LogP contribution < -0.4 is 0 Å². The minimum atomic E-state index is 0.580. The summed E-state index contributed by atoms with van der Waals surface area (Å²) < 4.78 is 0. The zero-order valence-electron chi connectivity index (χ0n) is 12.6. The van der Waals surface area contributed by atoms with Crippen molar-refractivity contribution >= 4 is 0 Å². The summed E-state index contributed by atoms with van der Waals surface area (Å²) in [5.74, 6) is 0.580. The van der Waals surface area contributed by atoms with E-state index in [4.69, 9.17) is 5.26 Å². The summed E-state index contributed by atoms with van der Waals surface area (Å²) in [6.45, 7) is 6.52. The highest BCUT2D eigenvalue weighted by atomic mass is 14.7. The Hall–Kier alpha value is -1.36. The molecule has 0 radical (unpaired) electrons. The molecule has 1 aromatic heterocycles. The highest BCUT2D eigenvalue weighted by Gasteiger charge is 2.14. The van der Waals surface area contributed by atoms with Crippen molar-refractivity contribution in [3.63, 3.8) is 0 Å². The lowest BCUT2D eigenvalue weighted by Crippen LogP contribution is -2.03. The van der Waals surface area contributed by atoms with Gasteiger partial charge in [0.05, 0.1) is 0 Å². The molecule has 1 unspecified atom stereocenters. The molecule has 0 saturated heterocycles. The molecular formula is C17H26N2. The first-order chi connectivity index (χ1) is 9.24. The lowest BCUT2D eigenvalue weighted by molar-refractivity contribution is 0.533. The Bertz CT molecular complexity index is 418. The highest BCUT2D eigenvalue weighted by Crippen LogP contribution is 2.29. The molecule has 0 aliphatic heterocycles. The van der Waals surface area contributed by atoms with Gasteiger partial charge >= 0.3 is 0 Å². The summed E-state index contributed by atoms with van der Waals surface area (Å²) in [5, 5.41) is 9.06. The lowest BCUT2D eigenvalue weighted by atomic mass is 9.88. The van der Waals surface area contributed by atoms with E-state index in [1.807, 2.05) is 6.92 Å². The largest absolute Gasteiger partial charge is 0.245 e. The van der Waals surface area contributed by atoms with Crippen molar-refractivity contribution in [2.45, 2.75) is 71.6 Å². The second-order valence-electron chi connectivity index (χ2n) is 5.29. The minimum Gasteiger partial charge on any atom is -0.245 e. The molecule has 0 aromatic carbocycles. The molecule has 1 aromatic rings. The van der Waals surface area contributed by atoms with E-state index < -0.39 is 0 Å². The number of pyridine rings is 1. The zero-order valence-corrected chi connectivity index (χ0v) is 12.6. The third kappa shape index (κ3) is 4.67. The smallest absolute Gasteiger partial charge is 0.143 e. The van der Waals surface area contributed by atoms with E-state index in [2.05, 4.69) is 31.0 Å². The van der Waals surface area contributed by atoms with Crippen LogP contribution in [0.3, 0.4) is 0 Å². The molecule has 0 fully saturated rings. The van der Waals surface area contributed by atoms with Crippen LogP contribution in [0.25, 0.3) is 0 Å². The second-order valence-corrected chi connectivity index (χ2v) is 5.29. The van der Waals surface area contributed by atoms with Crippen LogP contribution in [0.4, 0.5) is 0 Å². The summed E-state index contributed by atoms with van der Waals surface area (Å²) in [7, 11) is 0. The molecule has 0 aliphatic carbocycles. The van der Waals surface area contributed by atoms with Gasteiger partial charge in [-0.1, -0.05) is 46.0 Å². The summed E-state index contributed by atoms with van der Waals surface area (Å²) in [4.78, 5) is 4.13. The molecule has 1 heterocycles. The molecule has 0 bridgehead atoms. The standard InChI is InChI=1S/C17H26N2/c1-4-6-7-8-9-10-15(5-2)16-11-12-19-17(13-18)14(16)3/h11-12,15H,4-10H2,1-3H3. The number of aromatic nitrogens is 1. The summed E-state index contributed by atoms with van der Waals surface area (Å²) in [6.07, 6.45) is 10.8. The molecule has 0 saturated carbocycles. The monoisotopic (exact) mass is 258 g/mol. The van der Waals surface area contributed by atoms with Crippen LogP contribution in [-0.4, -0.2) is 4.98 Å². The Kier molecular flexibility index (Phi) is 7.18. The van der Waals surface area contributed by atoms with Crippen LogP contribution in [0.2, 0.25) is 0 Å². The normalized spacial score (nSPS) is 12.1. The first-order valence-electron chi connectivity index (χ1n) is 7.60. The maximum absolute atomic E-state index is 9.06. The van der Waals surface area contributed by atoms with Crippen molar-refractivity contribution in [1.82, 2.24) is 4.98 Å². The van der Waals surface area contributed by atoms with E-state index in [-0.39, 0.29) is 0 Å². The predicted molar refractivity (Wildman–Crippen MR) is 80.1 cm³/mol. The molecule has 0 N–H and O–H groups in total. The van der Waals surface area contributed by atoms with Gasteiger partial charge in [0.2, 0.25) is 0 Å². The number of hydrogen-bond acceptors (Lipinski definition) is 2. The van der Waals surface area contributed by atoms with Crippen molar-refractivity contribution in [1.29, 1.82) is 5.26 Å². The van der Waals surface area contributed by atoms with E-state index >= 15 is 0 Å². The first-order valence-corrected chi connectivity index (χ1v) is 7.60. The van der Waals surface area contributed by atoms with Crippen LogP contribution in [0.1, 0.15) is 81.5 Å². The van der Waals surface area contributed by atoms with Gasteiger partial charge < -0.3 is 0 Å². The SMILES string of the molecule is CCCCCCCC(CC)c1ccnc(C#N)c1C. The van der Waals surface area contributed by atoms with Gasteiger partial charge in [-0.15, -0.1) is 0 Å². The van der Waals surface area contributed by atoms with Gasteiger partial charge in [0, 0.05) is 6.20 Å². The van der Waals surface area contributed by atoms with Crippen molar-refractivity contribution in [3.05, 3.63) is 29.1 Å². The van der Waals surface area contributed by atoms with Crippen molar-refractivity contribution in [3.8, 4) is 6.07 Å². The number of nitriles is 1. The average molecular weight is 258 g/mol. The third-order valence-corrected chi connectivity index (χ3v) is 3.94. The molecule has 0 spiro atoms. The zero-order chi connectivity index (χ0) is 14.1. The quantitative estimate of drug-likeness (QED) is 0.607. The van der Waals surface area contributed by atoms with E-state index in [9.17, 15) is 0 Å². The minimum absolute atomic E-state index is 0.580. The Morgan fingerprint density at radius 2 is 1.95 bits per heavy atom. The van der Waals surface area contributed by atoms with Crippen LogP contribution in [0.15, 0.2) is 12.3 Å². The van der Waals surface area contributed by atoms with Gasteiger partial charge in [-0.2, -0.15) is 5.26 Å². The average Bonchev–Trinajstić information content (AvgIpc) is 2.44. The van der Waals surface area contributed by atoms with Crippen LogP contribution in [0, 0.1) is 18.3 Å². The van der Waals surface area contributed by atoms with E-state index in [0.717, 1.165) is 12.0 Å². The molecule has 1 rings (SSSR count). The number of unbranched alkanes of at least 4 members (excludes halogenated alkanes) is 4. The number of hydrogen-bond donors (Lipinski definition) is 0. The van der Waals surface area contributed by atoms with Crippen molar-refractivity contribution < 1.29 is 0 Å². The summed E-state index contributed by atoms with van der Waals surface area (Å²) in [6, 6.07) is 4.28. The van der Waals surface area contributed by atoms with Gasteiger partial charge in [0.25, 0.3) is 0 Å². The van der Waals surface area contributed by atoms with Gasteiger partial charge in [-0.3, -0.25) is 0 Å². The Morgan fingerprint density at radius 3 is 2.58 bits per heavy atom. The van der Waals surface area contributed by atoms with Crippen LogP contribution >= 0.6 is 0 Å². The van der Waals surface area contributed by atoms with E-state index in [1.54, 1.807) is 6.20 Å². The van der Waals surface area contributed by atoms with Crippen molar-refractivity contribution in [2.24, 2.45) is 0 Å². The molecule has 0 amide bonds. The maximum Gasteiger partial charge on any atom is 0.143 e. The maximum atomic E-state index is 9.06. The fourth-order valence-electron chi connectivity index (χ4n) is 2.68. The van der Waals surface area contributed by atoms with Crippen molar-refractivity contribution in [2.75, 3.05) is 0 Å². The number of nitrogens with zero attached hydrogens (tertiary/aromatic N) is 2.